The molecule has 0 saturated carbocycles. The number of aliphatic hydroxyl groups is 2. The summed E-state index contributed by atoms with van der Waals surface area (Å²) in [6, 6.07) is 1.70. The molecule has 0 spiro atoms. The van der Waals surface area contributed by atoms with Gasteiger partial charge in [-0.2, -0.15) is 39.3 Å². The molecule has 20 nitrogen and oxygen atoms in total. The average Bonchev–Trinajstić information content (AvgIpc) is 3.42. The van der Waals surface area contributed by atoms with Crippen molar-refractivity contribution in [1.82, 2.24) is 29.4 Å². The second kappa shape index (κ2) is 57.0. The van der Waals surface area contributed by atoms with Gasteiger partial charge in [0.2, 0.25) is 11.6 Å². The van der Waals surface area contributed by atoms with E-state index >= 15 is 0 Å². The van der Waals surface area contributed by atoms with E-state index in [2.05, 4.69) is 103 Å². The van der Waals surface area contributed by atoms with Crippen LogP contribution >= 0.6 is 20.2 Å². The number of carbonyl (C=O) groups excluding carboxylic acids is 2. The van der Waals surface area contributed by atoms with Gasteiger partial charge in [-0.05, 0) is 78.5 Å². The minimum absolute atomic E-state index is 0. The number of hydrogen-bond donors (Lipinski definition) is 6. The number of rotatable bonds is 6. The van der Waals surface area contributed by atoms with Crippen LogP contribution in [0.15, 0.2) is 35.8 Å². The Hall–Kier alpha value is -1.50. The first-order chi connectivity index (χ1) is 37.2. The molecule has 1 aliphatic carbocycles. The summed E-state index contributed by atoms with van der Waals surface area (Å²) in [5, 5.41) is 79.2. The summed E-state index contributed by atoms with van der Waals surface area (Å²) >= 11 is 0.00694. The average molecular weight is 1280 g/mol. The number of aliphatic hydroxyl groups excluding tert-OH is 2. The van der Waals surface area contributed by atoms with E-state index in [-0.39, 0.29) is 47.3 Å². The maximum Gasteiger partial charge on any atom is 0 e. The monoisotopic (exact) mass is 1280 g/mol. The predicted octanol–water partition coefficient (Wildman–Crippen LogP) is 8.42. The van der Waals surface area contributed by atoms with Crippen LogP contribution in [0, 0.1) is 0 Å². The van der Waals surface area contributed by atoms with Crippen molar-refractivity contribution in [2.24, 2.45) is 0 Å². The summed E-state index contributed by atoms with van der Waals surface area (Å²) in [6.45, 7) is 46.4. The molecule has 4 aliphatic rings. The second-order valence-electron chi connectivity index (χ2n) is 18.4. The number of hydrogen-bond acceptors (Lipinski definition) is 14. The van der Waals surface area contributed by atoms with Crippen LogP contribution in [0.3, 0.4) is 0 Å². The standard InChI is InChI=1S/3C14H30N4.C6H6O4.C6H4O4.2ClH.3Mn/c3*1-3-17-11-5-7-15-9-10-16-8-6-12-18(4-2)14-13-17;2*7-3-1-4(8)6(10)2-5(3)9;;;;;/h3*3-14H2,1-2H3;1-2,7-10H;1-2,7,10H;2*1H;;;/q3*-2;;;;;;;+2/p-2. The first-order valence-corrected chi connectivity index (χ1v) is 31.3. The Bertz CT molecular complexity index is 1440. The van der Waals surface area contributed by atoms with Crippen molar-refractivity contribution in [3.05, 3.63) is 67.7 Å². The molecule has 5 rings (SSSR count). The van der Waals surface area contributed by atoms with Crippen LogP contribution in [0.2, 0.25) is 0 Å². The summed E-state index contributed by atoms with van der Waals surface area (Å²) in [7, 11) is 9.59. The van der Waals surface area contributed by atoms with E-state index in [0.29, 0.717) is 12.2 Å². The molecule has 25 heteroatoms. The molecule has 1 aromatic rings. The van der Waals surface area contributed by atoms with Gasteiger partial charge < -0.3 is 91.9 Å². The first-order valence-electron chi connectivity index (χ1n) is 28.1. The molecule has 6 N–H and O–H groups in total. The molecule has 0 unspecified atom stereocenters. The second-order valence-corrected chi connectivity index (χ2v) is 20.4. The van der Waals surface area contributed by atoms with E-state index in [1.165, 1.54) is 117 Å². The van der Waals surface area contributed by atoms with Gasteiger partial charge in [0.25, 0.3) is 0 Å². The molecule has 79 heavy (non-hydrogen) atoms. The van der Waals surface area contributed by atoms with E-state index in [1.54, 1.807) is 0 Å². The van der Waals surface area contributed by atoms with Gasteiger partial charge in [0, 0.05) is 97.7 Å². The zero-order valence-electron chi connectivity index (χ0n) is 48.5. The van der Waals surface area contributed by atoms with Crippen molar-refractivity contribution in [1.29, 1.82) is 0 Å². The molecule has 3 fully saturated rings. The number of benzene rings is 1. The minimum atomic E-state index is -0.753. The van der Waals surface area contributed by atoms with Gasteiger partial charge in [0.1, 0.15) is 0 Å². The maximum absolute atomic E-state index is 10.4. The number of likely N-dealkylation sites (N-methyl/N-ethyl adjacent to an activating group) is 6. The number of phenols is 4. The van der Waals surface area contributed by atoms with E-state index in [1.807, 2.05) is 0 Å². The Labute approximate surface area is 512 Å². The predicted molar refractivity (Wildman–Crippen MR) is 315 cm³/mol. The zero-order chi connectivity index (χ0) is 57.3. The van der Waals surface area contributed by atoms with Crippen molar-refractivity contribution < 1.29 is 87.5 Å². The van der Waals surface area contributed by atoms with Crippen LogP contribution in [0.25, 0.3) is 31.9 Å². The minimum Gasteiger partial charge on any atom is 0 e. The molecule has 0 aromatic heterocycles. The van der Waals surface area contributed by atoms with Gasteiger partial charge in [-0.25, -0.2) is 0 Å². The third-order valence-corrected chi connectivity index (χ3v) is 13.0. The number of halogens is 2. The van der Waals surface area contributed by atoms with Crippen LogP contribution < -0.4 is 0 Å². The fourth-order valence-electron chi connectivity index (χ4n) is 8.04. The number of nitrogens with zero attached hydrogens (tertiary/aromatic N) is 12. The maximum atomic E-state index is 10.4. The van der Waals surface area contributed by atoms with E-state index in [9.17, 15) is 9.59 Å². The van der Waals surface area contributed by atoms with E-state index in [0.717, 1.165) is 130 Å². The van der Waals surface area contributed by atoms with E-state index < -0.39 is 46.1 Å². The first kappa shape index (κ1) is 81.7. The number of carbonyl (C=O) groups is 2. The van der Waals surface area contributed by atoms with Crippen molar-refractivity contribution in [2.75, 3.05) is 196 Å². The summed E-state index contributed by atoms with van der Waals surface area (Å²) < 4.78 is 0. The SMILES string of the molecule is CCN1CCC[N-]CC[N-]CCCN(CC)CC1.CCN1CCC[N-]CC[N-]CCCN(CC)CC1.CCN1CCC[N-]CC[N-]CCCN(CC)CC1.O=C1C=C(O)C(=O)C=C1O.Oc1cc(O)c(O)cc1O.[Cl][Mn][Cl].[Mn].[Mn]. The summed E-state index contributed by atoms with van der Waals surface area (Å²) in [4.78, 5) is 36.2. The van der Waals surface area contributed by atoms with Crippen LogP contribution in [-0.2, 0) is 56.9 Å². The third-order valence-electron chi connectivity index (χ3n) is 13.0. The van der Waals surface area contributed by atoms with Crippen molar-refractivity contribution in [3.63, 3.8) is 0 Å². The zero-order valence-corrected chi connectivity index (χ0v) is 53.6. The van der Waals surface area contributed by atoms with Crippen molar-refractivity contribution in [3.8, 4) is 23.0 Å². The summed E-state index contributed by atoms with van der Waals surface area (Å²) in [5.41, 5.74) is 0. The van der Waals surface area contributed by atoms with E-state index in [4.69, 9.17) is 50.8 Å². The molecule has 2 radical (unpaired) electrons. The summed E-state index contributed by atoms with van der Waals surface area (Å²) in [6.07, 6.45) is 8.52. The molecular formula is C54H100Cl2Mn3N12O8-6. The van der Waals surface area contributed by atoms with Gasteiger partial charge in [0.05, 0.1) is 0 Å². The summed E-state index contributed by atoms with van der Waals surface area (Å²) in [5.74, 6) is -4.63. The van der Waals surface area contributed by atoms with Gasteiger partial charge in [-0.15, -0.1) is 39.3 Å². The number of aromatic hydroxyl groups is 4. The smallest absolute Gasteiger partial charge is 0 e. The largest absolute Gasteiger partial charge is 0 e. The Balaban J connectivity index is -0.000000913. The van der Waals surface area contributed by atoms with Gasteiger partial charge in [-0.1, -0.05) is 80.1 Å². The molecule has 0 amide bonds. The fourth-order valence-corrected chi connectivity index (χ4v) is 8.04. The van der Waals surface area contributed by atoms with Crippen LogP contribution in [-0.4, -0.2) is 268 Å². The number of allylic oxidation sites excluding steroid dienone is 2. The molecule has 0 bridgehead atoms. The Kier molecular flexibility index (Phi) is 58.9. The number of ketones is 2. The number of phenolic OH excluding ortho intramolecular Hbond substituents is 4. The molecule has 1 aromatic carbocycles. The Morgan fingerprint density at radius 1 is 0.354 bits per heavy atom. The van der Waals surface area contributed by atoms with Crippen LogP contribution in [0.1, 0.15) is 80.1 Å². The molecule has 0 atom stereocenters. The van der Waals surface area contributed by atoms with Crippen molar-refractivity contribution in [2.45, 2.75) is 80.1 Å². The topological polar surface area (TPSA) is 260 Å². The van der Waals surface area contributed by atoms with Gasteiger partial charge >= 0.3 is 33.3 Å². The third kappa shape index (κ3) is 45.6. The van der Waals surface area contributed by atoms with Crippen LogP contribution in [0.4, 0.5) is 0 Å². The Morgan fingerprint density at radius 3 is 0.671 bits per heavy atom. The molecule has 3 aliphatic heterocycles. The molecule has 465 valence electrons. The normalized spacial score (nSPS) is 19.9. The molecule has 3 heterocycles. The van der Waals surface area contributed by atoms with Gasteiger partial charge in [0.15, 0.2) is 34.5 Å². The van der Waals surface area contributed by atoms with Crippen molar-refractivity contribution >= 4 is 31.8 Å². The molecular weight excluding hydrogens is 1180 g/mol. The molecule has 3 saturated heterocycles. The van der Waals surface area contributed by atoms with Gasteiger partial charge in [-0.3, -0.25) is 9.59 Å². The fraction of sp³-hybridized carbons (Fsp3) is 0.778. The quantitative estimate of drug-likeness (QED) is 0.0677. The Morgan fingerprint density at radius 2 is 0.519 bits per heavy atom. The van der Waals surface area contributed by atoms with Crippen LogP contribution in [0.5, 0.6) is 23.0 Å².